The second-order valence-corrected chi connectivity index (χ2v) is 5.25. The van der Waals surface area contributed by atoms with Gasteiger partial charge in [0, 0.05) is 19.5 Å². The number of nitrogens with zero attached hydrogens (tertiary/aromatic N) is 1. The smallest absolute Gasteiger partial charge is 0.339 e. The van der Waals surface area contributed by atoms with Gasteiger partial charge in [-0.3, -0.25) is 4.79 Å². The van der Waals surface area contributed by atoms with Crippen molar-refractivity contribution in [3.8, 4) is 0 Å². The fourth-order valence-corrected chi connectivity index (χ4v) is 2.25. The molecule has 1 N–H and O–H groups in total. The van der Waals surface area contributed by atoms with E-state index in [4.69, 9.17) is 13.9 Å². The predicted octanol–water partition coefficient (Wildman–Crippen LogP) is 3.17. The molecule has 0 aliphatic heterocycles. The Morgan fingerprint density at radius 1 is 1.33 bits per heavy atom. The van der Waals surface area contributed by atoms with Crippen LogP contribution in [0.3, 0.4) is 0 Å². The Kier molecular flexibility index (Phi) is 4.52. The van der Waals surface area contributed by atoms with Crippen LogP contribution in [0.5, 0.6) is 0 Å². The quantitative estimate of drug-likeness (QED) is 0.890. The van der Waals surface area contributed by atoms with E-state index in [1.165, 1.54) is 11.0 Å². The normalized spacial score (nSPS) is 10.6. The van der Waals surface area contributed by atoms with E-state index in [1.807, 2.05) is 0 Å². The molecule has 0 unspecified atom stereocenters. The minimum absolute atomic E-state index is 0.0115. The van der Waals surface area contributed by atoms with E-state index < -0.39 is 11.9 Å². The van der Waals surface area contributed by atoms with Gasteiger partial charge in [-0.2, -0.15) is 0 Å². The number of aromatic carboxylic acids is 1. The summed E-state index contributed by atoms with van der Waals surface area (Å²) in [5.74, 6) is -0.590. The van der Waals surface area contributed by atoms with Crippen LogP contribution in [0.2, 0.25) is 0 Å². The molecule has 112 valence electrons. The molecule has 7 heteroatoms. The van der Waals surface area contributed by atoms with E-state index in [9.17, 15) is 9.59 Å². The third-order valence-corrected chi connectivity index (χ3v) is 3.37. The molecular formula is C14H14BrNO5. The molecule has 0 aromatic carbocycles. The molecule has 6 nitrogen and oxygen atoms in total. The lowest BCUT2D eigenvalue weighted by atomic mass is 10.2. The summed E-state index contributed by atoms with van der Waals surface area (Å²) < 4.78 is 11.2. The Labute approximate surface area is 129 Å². The number of rotatable bonds is 5. The van der Waals surface area contributed by atoms with Crippen LogP contribution in [0.15, 0.2) is 31.7 Å². The van der Waals surface area contributed by atoms with Gasteiger partial charge in [0.1, 0.15) is 17.1 Å². The van der Waals surface area contributed by atoms with Gasteiger partial charge >= 0.3 is 5.97 Å². The van der Waals surface area contributed by atoms with E-state index >= 15 is 0 Å². The van der Waals surface area contributed by atoms with Gasteiger partial charge in [-0.05, 0) is 28.1 Å². The van der Waals surface area contributed by atoms with Crippen molar-refractivity contribution in [1.82, 2.24) is 4.90 Å². The van der Waals surface area contributed by atoms with Gasteiger partial charge in [0.15, 0.2) is 10.4 Å². The van der Waals surface area contributed by atoms with Gasteiger partial charge < -0.3 is 18.8 Å². The summed E-state index contributed by atoms with van der Waals surface area (Å²) in [5, 5.41) is 9.06. The number of amides is 1. The van der Waals surface area contributed by atoms with Crippen LogP contribution in [0.25, 0.3) is 0 Å². The Morgan fingerprint density at radius 3 is 2.52 bits per heavy atom. The number of hydrogen-bond donors (Lipinski definition) is 1. The molecule has 2 aromatic rings. The van der Waals surface area contributed by atoms with Gasteiger partial charge in [-0.25, -0.2) is 4.79 Å². The van der Waals surface area contributed by atoms with Gasteiger partial charge in [-0.1, -0.05) is 6.92 Å². The van der Waals surface area contributed by atoms with E-state index in [0.717, 1.165) is 0 Å². The largest absolute Gasteiger partial charge is 0.478 e. The van der Waals surface area contributed by atoms with Crippen LogP contribution in [0, 0.1) is 0 Å². The third kappa shape index (κ3) is 3.36. The summed E-state index contributed by atoms with van der Waals surface area (Å²) in [4.78, 5) is 24.7. The molecule has 0 spiro atoms. The molecule has 0 fully saturated rings. The molecule has 21 heavy (non-hydrogen) atoms. The molecule has 1 amide bonds. The monoisotopic (exact) mass is 355 g/mol. The van der Waals surface area contributed by atoms with Crippen molar-refractivity contribution in [2.75, 3.05) is 7.05 Å². The van der Waals surface area contributed by atoms with Crippen LogP contribution >= 0.6 is 15.9 Å². The van der Waals surface area contributed by atoms with E-state index in [-0.39, 0.29) is 17.9 Å². The SMILES string of the molecule is CCc1oc(C(=O)N(C)Cc2ccc(Br)o2)cc1C(=O)O. The van der Waals surface area contributed by atoms with Crippen LogP contribution in [-0.4, -0.2) is 28.9 Å². The average Bonchev–Trinajstić information content (AvgIpc) is 3.04. The van der Waals surface area contributed by atoms with Crippen molar-refractivity contribution in [1.29, 1.82) is 0 Å². The Balaban J connectivity index is 2.17. The minimum Gasteiger partial charge on any atom is -0.478 e. The minimum atomic E-state index is -1.10. The highest BCUT2D eigenvalue weighted by atomic mass is 79.9. The van der Waals surface area contributed by atoms with Crippen molar-refractivity contribution >= 4 is 27.8 Å². The van der Waals surface area contributed by atoms with Crippen LogP contribution < -0.4 is 0 Å². The van der Waals surface area contributed by atoms with Gasteiger partial charge in [0.2, 0.25) is 0 Å². The number of carboxylic acids is 1. The fourth-order valence-electron chi connectivity index (χ4n) is 1.91. The average molecular weight is 356 g/mol. The first kappa shape index (κ1) is 15.4. The molecule has 0 saturated carbocycles. The molecule has 0 radical (unpaired) electrons. The molecule has 2 aromatic heterocycles. The van der Waals surface area contributed by atoms with Crippen molar-refractivity contribution in [3.05, 3.63) is 45.7 Å². The van der Waals surface area contributed by atoms with Crippen molar-refractivity contribution in [2.24, 2.45) is 0 Å². The molecular weight excluding hydrogens is 342 g/mol. The molecule has 0 bridgehead atoms. The van der Waals surface area contributed by atoms with Gasteiger partial charge in [0.25, 0.3) is 5.91 Å². The Hall–Kier alpha value is -2.02. The molecule has 2 heterocycles. The summed E-state index contributed by atoms with van der Waals surface area (Å²) >= 11 is 3.19. The Morgan fingerprint density at radius 2 is 2.05 bits per heavy atom. The van der Waals surface area contributed by atoms with E-state index in [1.54, 1.807) is 26.1 Å². The Bertz CT molecular complexity index is 673. The van der Waals surface area contributed by atoms with Crippen LogP contribution in [0.4, 0.5) is 0 Å². The summed E-state index contributed by atoms with van der Waals surface area (Å²) in [6.45, 7) is 2.03. The first-order chi connectivity index (χ1) is 9.92. The summed E-state index contributed by atoms with van der Waals surface area (Å²) in [5.41, 5.74) is 0.0231. The van der Waals surface area contributed by atoms with Gasteiger partial charge in [0.05, 0.1) is 6.54 Å². The zero-order valence-electron chi connectivity index (χ0n) is 11.6. The fraction of sp³-hybridized carbons (Fsp3) is 0.286. The number of carbonyl (C=O) groups excluding carboxylic acids is 1. The first-order valence-electron chi connectivity index (χ1n) is 6.28. The lowest BCUT2D eigenvalue weighted by Crippen LogP contribution is -2.25. The van der Waals surface area contributed by atoms with Crippen molar-refractivity contribution < 1.29 is 23.5 Å². The summed E-state index contributed by atoms with van der Waals surface area (Å²) in [6, 6.07) is 4.74. The first-order valence-corrected chi connectivity index (χ1v) is 7.07. The summed E-state index contributed by atoms with van der Waals surface area (Å²) in [7, 11) is 1.59. The molecule has 0 atom stereocenters. The molecule has 0 aliphatic rings. The zero-order chi connectivity index (χ0) is 15.6. The zero-order valence-corrected chi connectivity index (χ0v) is 13.1. The maximum absolute atomic E-state index is 12.2. The van der Waals surface area contributed by atoms with Crippen molar-refractivity contribution in [3.63, 3.8) is 0 Å². The number of carboxylic acid groups (broad SMARTS) is 1. The predicted molar refractivity (Wildman–Crippen MR) is 77.3 cm³/mol. The number of halogens is 1. The second kappa shape index (κ2) is 6.17. The van der Waals surface area contributed by atoms with Crippen LogP contribution in [0.1, 0.15) is 39.4 Å². The summed E-state index contributed by atoms with van der Waals surface area (Å²) in [6.07, 6.45) is 0.407. The number of carbonyl (C=O) groups is 2. The van der Waals surface area contributed by atoms with E-state index in [2.05, 4.69) is 15.9 Å². The highest BCUT2D eigenvalue weighted by Crippen LogP contribution is 2.20. The molecule has 0 saturated heterocycles. The number of aryl methyl sites for hydroxylation is 1. The lowest BCUT2D eigenvalue weighted by Gasteiger charge is -2.13. The number of hydrogen-bond acceptors (Lipinski definition) is 4. The highest BCUT2D eigenvalue weighted by molar-refractivity contribution is 9.10. The molecule has 0 aliphatic carbocycles. The van der Waals surface area contributed by atoms with Crippen LogP contribution in [-0.2, 0) is 13.0 Å². The maximum Gasteiger partial charge on any atom is 0.339 e. The van der Waals surface area contributed by atoms with Gasteiger partial charge in [-0.15, -0.1) is 0 Å². The lowest BCUT2D eigenvalue weighted by molar-refractivity contribution is 0.0692. The number of furan rings is 2. The maximum atomic E-state index is 12.2. The van der Waals surface area contributed by atoms with E-state index in [0.29, 0.717) is 22.6 Å². The highest BCUT2D eigenvalue weighted by Gasteiger charge is 2.22. The second-order valence-electron chi connectivity index (χ2n) is 4.47. The topological polar surface area (TPSA) is 83.9 Å². The molecule has 2 rings (SSSR count). The standard InChI is InChI=1S/C14H14BrNO5/c1-3-10-9(14(18)19)6-11(21-10)13(17)16(2)7-8-4-5-12(15)20-8/h4-6H,3,7H2,1-2H3,(H,18,19). The third-order valence-electron chi connectivity index (χ3n) is 2.94. The van der Waals surface area contributed by atoms with Crippen molar-refractivity contribution in [2.45, 2.75) is 19.9 Å².